The normalized spacial score (nSPS) is 24.3. The lowest BCUT2D eigenvalue weighted by Gasteiger charge is -2.41. The maximum Gasteiger partial charge on any atom is 0.247 e. The van der Waals surface area contributed by atoms with Gasteiger partial charge >= 0.3 is 0 Å². The number of benzene rings is 1. The summed E-state index contributed by atoms with van der Waals surface area (Å²) in [6.07, 6.45) is 5.81. The third-order valence-electron chi connectivity index (χ3n) is 6.13. The van der Waals surface area contributed by atoms with Crippen LogP contribution in [0.3, 0.4) is 0 Å². The van der Waals surface area contributed by atoms with Gasteiger partial charge in [0.05, 0.1) is 30.3 Å². The van der Waals surface area contributed by atoms with Crippen LogP contribution in [0.25, 0.3) is 0 Å². The third-order valence-corrected chi connectivity index (χ3v) is 6.13. The first-order chi connectivity index (χ1) is 13.9. The minimum Gasteiger partial charge on any atom is -0.495 e. The number of carbonyl (C=O) groups is 2. The zero-order valence-corrected chi connectivity index (χ0v) is 17.2. The number of ether oxygens (including phenoxy) is 1. The Balaban J connectivity index is 1.72. The number of anilines is 1. The Morgan fingerprint density at radius 3 is 2.52 bits per heavy atom. The Hall–Kier alpha value is -2.83. The largest absolute Gasteiger partial charge is 0.495 e. The standard InChI is InChI=1S/C22H28N4O3/c1-13(2)26-22(28)17-7-5-4-6-16(17)20(24-26)14-8-9-19(29-3)18(10-14)25-11-15(12-25)21(23)27/h4-5,8-10,13,15-17H,6-7,11-12H2,1-3H3,(H2,23,27)/t16-,17+/m0/s1. The number of rotatable bonds is 5. The lowest BCUT2D eigenvalue weighted by molar-refractivity contribution is -0.139. The molecule has 4 rings (SSSR count). The second-order valence-corrected chi connectivity index (χ2v) is 8.31. The van der Waals surface area contributed by atoms with Crippen molar-refractivity contribution in [3.05, 3.63) is 35.9 Å². The van der Waals surface area contributed by atoms with Gasteiger partial charge in [-0.25, -0.2) is 5.01 Å². The van der Waals surface area contributed by atoms with Crippen molar-refractivity contribution >= 4 is 23.2 Å². The molecule has 2 heterocycles. The molecular weight excluding hydrogens is 368 g/mol. The van der Waals surface area contributed by atoms with E-state index in [0.29, 0.717) is 13.1 Å². The van der Waals surface area contributed by atoms with Gasteiger partial charge in [0.2, 0.25) is 11.8 Å². The maximum absolute atomic E-state index is 12.9. The van der Waals surface area contributed by atoms with Crippen molar-refractivity contribution < 1.29 is 14.3 Å². The molecule has 7 heteroatoms. The highest BCUT2D eigenvalue weighted by Crippen LogP contribution is 2.39. The van der Waals surface area contributed by atoms with Crippen LogP contribution >= 0.6 is 0 Å². The van der Waals surface area contributed by atoms with E-state index in [1.54, 1.807) is 12.1 Å². The Bertz CT molecular complexity index is 886. The van der Waals surface area contributed by atoms with Gasteiger partial charge < -0.3 is 15.4 Å². The molecule has 2 N–H and O–H groups in total. The van der Waals surface area contributed by atoms with Crippen LogP contribution in [0.2, 0.25) is 0 Å². The molecule has 1 fully saturated rings. The highest BCUT2D eigenvalue weighted by Gasteiger charge is 2.41. The molecule has 0 radical (unpaired) electrons. The van der Waals surface area contributed by atoms with E-state index in [-0.39, 0.29) is 35.6 Å². The van der Waals surface area contributed by atoms with Gasteiger partial charge in [0.1, 0.15) is 5.75 Å². The van der Waals surface area contributed by atoms with Crippen LogP contribution < -0.4 is 15.4 Å². The molecule has 0 bridgehead atoms. The van der Waals surface area contributed by atoms with E-state index in [4.69, 9.17) is 15.6 Å². The van der Waals surface area contributed by atoms with Gasteiger partial charge in [-0.15, -0.1) is 0 Å². The van der Waals surface area contributed by atoms with Crippen molar-refractivity contribution in [3.8, 4) is 5.75 Å². The number of nitrogens with two attached hydrogens (primary N) is 1. The zero-order chi connectivity index (χ0) is 20.7. The Labute approximate surface area is 171 Å². The van der Waals surface area contributed by atoms with E-state index in [2.05, 4.69) is 23.1 Å². The molecule has 2 atom stereocenters. The Morgan fingerprint density at radius 2 is 1.90 bits per heavy atom. The summed E-state index contributed by atoms with van der Waals surface area (Å²) in [5, 5.41) is 6.42. The van der Waals surface area contributed by atoms with Crippen molar-refractivity contribution in [2.45, 2.75) is 32.7 Å². The van der Waals surface area contributed by atoms with Gasteiger partial charge in [-0.2, -0.15) is 5.10 Å². The summed E-state index contributed by atoms with van der Waals surface area (Å²) < 4.78 is 5.55. The number of allylic oxidation sites excluding steroid dienone is 2. The third kappa shape index (κ3) is 3.39. The van der Waals surface area contributed by atoms with E-state index < -0.39 is 0 Å². The van der Waals surface area contributed by atoms with Crippen LogP contribution in [-0.2, 0) is 9.59 Å². The summed E-state index contributed by atoms with van der Waals surface area (Å²) in [6.45, 7) is 5.16. The molecule has 2 aliphatic heterocycles. The molecule has 1 aromatic carbocycles. The van der Waals surface area contributed by atoms with Crippen molar-refractivity contribution in [1.82, 2.24) is 5.01 Å². The molecule has 1 aliphatic carbocycles. The van der Waals surface area contributed by atoms with Crippen molar-refractivity contribution in [2.24, 2.45) is 28.6 Å². The minimum absolute atomic E-state index is 0.00813. The number of hydrogen-bond acceptors (Lipinski definition) is 5. The Morgan fingerprint density at radius 1 is 1.21 bits per heavy atom. The van der Waals surface area contributed by atoms with Gasteiger partial charge in [0, 0.05) is 30.6 Å². The fraction of sp³-hybridized carbons (Fsp3) is 0.500. The summed E-state index contributed by atoms with van der Waals surface area (Å²) in [4.78, 5) is 26.4. The average molecular weight is 396 g/mol. The number of fused-ring (bicyclic) bond motifs is 1. The van der Waals surface area contributed by atoms with Crippen LogP contribution in [0.4, 0.5) is 5.69 Å². The molecule has 29 heavy (non-hydrogen) atoms. The molecule has 2 amide bonds. The molecule has 0 aromatic heterocycles. The van der Waals surface area contributed by atoms with Crippen LogP contribution in [0, 0.1) is 17.8 Å². The van der Waals surface area contributed by atoms with Crippen molar-refractivity contribution in [3.63, 3.8) is 0 Å². The summed E-state index contributed by atoms with van der Waals surface area (Å²) in [7, 11) is 1.64. The van der Waals surface area contributed by atoms with Crippen molar-refractivity contribution in [2.75, 3.05) is 25.1 Å². The lowest BCUT2D eigenvalue weighted by Crippen LogP contribution is -2.52. The predicted molar refractivity (Wildman–Crippen MR) is 112 cm³/mol. The lowest BCUT2D eigenvalue weighted by atomic mass is 9.76. The number of primary amides is 1. The fourth-order valence-corrected chi connectivity index (χ4v) is 4.39. The van der Waals surface area contributed by atoms with E-state index in [1.807, 2.05) is 26.0 Å². The Kier molecular flexibility index (Phi) is 5.06. The van der Waals surface area contributed by atoms with Gasteiger partial charge in [0.15, 0.2) is 0 Å². The van der Waals surface area contributed by atoms with Crippen LogP contribution in [-0.4, -0.2) is 48.8 Å². The molecule has 0 spiro atoms. The first kappa shape index (κ1) is 19.5. The molecule has 0 unspecified atom stereocenters. The highest BCUT2D eigenvalue weighted by atomic mass is 16.5. The number of hydrogen-bond donors (Lipinski definition) is 1. The monoisotopic (exact) mass is 396 g/mol. The summed E-state index contributed by atoms with van der Waals surface area (Å²) in [5.41, 5.74) is 8.30. The number of methoxy groups -OCH3 is 1. The molecule has 154 valence electrons. The second kappa shape index (κ2) is 7.54. The number of hydrazone groups is 1. The average Bonchev–Trinajstić information content (AvgIpc) is 2.67. The first-order valence-electron chi connectivity index (χ1n) is 10.2. The van der Waals surface area contributed by atoms with Gasteiger partial charge in [-0.05, 0) is 44.9 Å². The molecule has 7 nitrogen and oxygen atoms in total. The summed E-state index contributed by atoms with van der Waals surface area (Å²) in [5.74, 6) is 0.485. The number of nitrogens with zero attached hydrogens (tertiary/aromatic N) is 3. The SMILES string of the molecule is COc1ccc(C2=NN(C(C)C)C(=O)[C@@H]3CC=CC[C@H]23)cc1N1CC(C(N)=O)C1. The predicted octanol–water partition coefficient (Wildman–Crippen LogP) is 2.15. The second-order valence-electron chi connectivity index (χ2n) is 8.31. The quantitative estimate of drug-likeness (QED) is 0.773. The molecule has 1 aromatic rings. The van der Waals surface area contributed by atoms with Gasteiger partial charge in [-0.3, -0.25) is 9.59 Å². The highest BCUT2D eigenvalue weighted by molar-refractivity contribution is 6.07. The first-order valence-corrected chi connectivity index (χ1v) is 10.2. The van der Waals surface area contributed by atoms with E-state index >= 15 is 0 Å². The zero-order valence-electron chi connectivity index (χ0n) is 17.2. The summed E-state index contributed by atoms with van der Waals surface area (Å²) in [6, 6.07) is 6.03. The fourth-order valence-electron chi connectivity index (χ4n) is 4.39. The van der Waals surface area contributed by atoms with Gasteiger partial charge in [-0.1, -0.05) is 12.2 Å². The minimum atomic E-state index is -0.268. The van der Waals surface area contributed by atoms with Crippen molar-refractivity contribution in [1.29, 1.82) is 0 Å². The van der Waals surface area contributed by atoms with E-state index in [9.17, 15) is 9.59 Å². The molecule has 1 saturated heterocycles. The van der Waals surface area contributed by atoms with Gasteiger partial charge in [0.25, 0.3) is 0 Å². The topological polar surface area (TPSA) is 88.2 Å². The molecule has 0 saturated carbocycles. The smallest absolute Gasteiger partial charge is 0.247 e. The summed E-state index contributed by atoms with van der Waals surface area (Å²) >= 11 is 0. The molecule has 3 aliphatic rings. The van der Waals surface area contributed by atoms with Crippen LogP contribution in [0.1, 0.15) is 32.3 Å². The maximum atomic E-state index is 12.9. The van der Waals surface area contributed by atoms with E-state index in [1.165, 1.54) is 0 Å². The molecular formula is C22H28N4O3. The van der Waals surface area contributed by atoms with E-state index in [0.717, 1.165) is 35.6 Å². The number of carbonyl (C=O) groups excluding carboxylic acids is 2. The van der Waals surface area contributed by atoms with Crippen LogP contribution in [0.15, 0.2) is 35.5 Å². The van der Waals surface area contributed by atoms with Crippen LogP contribution in [0.5, 0.6) is 5.75 Å². The number of amides is 2.